The number of nitrogens with one attached hydrogen (secondary N) is 1. The quantitative estimate of drug-likeness (QED) is 0.667. The highest BCUT2D eigenvalue weighted by Gasteiger charge is 2.13. The molecular formula is C18H18ClN3O3S. The Hall–Kier alpha value is -2.22. The van der Waals surface area contributed by atoms with Gasteiger partial charge in [-0.3, -0.25) is 0 Å². The Balaban J connectivity index is 1.54. The lowest BCUT2D eigenvalue weighted by Crippen LogP contribution is -2.27. The molecule has 3 aromatic rings. The number of halogens is 1. The second-order valence-electron chi connectivity index (χ2n) is 5.91. The Bertz CT molecular complexity index is 968. The Labute approximate surface area is 157 Å². The van der Waals surface area contributed by atoms with Gasteiger partial charge in [0.05, 0.1) is 5.75 Å². The molecule has 136 valence electrons. The highest BCUT2D eigenvalue weighted by atomic mass is 35.5. The summed E-state index contributed by atoms with van der Waals surface area (Å²) in [6.45, 7) is 2.15. The van der Waals surface area contributed by atoms with E-state index in [0.717, 1.165) is 16.7 Å². The second-order valence-corrected chi connectivity index (χ2v) is 8.15. The smallest absolute Gasteiger partial charge is 0.228 e. The number of nitrogens with zero attached hydrogens (tertiary/aromatic N) is 2. The largest absolute Gasteiger partial charge is 0.339 e. The predicted octanol–water partition coefficient (Wildman–Crippen LogP) is 3.36. The SMILES string of the molecule is Cc1ccc(CS(=O)(=O)NCCc2nc(-c3ccc(Cl)cc3)no2)cc1. The first-order valence-corrected chi connectivity index (χ1v) is 10.1. The van der Waals surface area contributed by atoms with Gasteiger partial charge in [-0.2, -0.15) is 4.98 Å². The van der Waals surface area contributed by atoms with Gasteiger partial charge < -0.3 is 4.52 Å². The van der Waals surface area contributed by atoms with Gasteiger partial charge in [-0.05, 0) is 36.8 Å². The van der Waals surface area contributed by atoms with E-state index in [1.807, 2.05) is 31.2 Å². The molecule has 0 saturated carbocycles. The summed E-state index contributed by atoms with van der Waals surface area (Å²) in [6.07, 6.45) is 0.313. The van der Waals surface area contributed by atoms with E-state index in [9.17, 15) is 8.42 Å². The van der Waals surface area contributed by atoms with E-state index >= 15 is 0 Å². The maximum Gasteiger partial charge on any atom is 0.228 e. The number of aryl methyl sites for hydroxylation is 1. The van der Waals surface area contributed by atoms with E-state index < -0.39 is 10.0 Å². The molecule has 8 heteroatoms. The molecule has 0 aliphatic heterocycles. The van der Waals surface area contributed by atoms with Crippen molar-refractivity contribution in [2.45, 2.75) is 19.1 Å². The number of hydrogen-bond donors (Lipinski definition) is 1. The first-order chi connectivity index (χ1) is 12.4. The molecule has 1 aromatic heterocycles. The van der Waals surface area contributed by atoms with Crippen LogP contribution in [0.15, 0.2) is 53.1 Å². The molecule has 0 saturated heterocycles. The minimum atomic E-state index is -3.42. The highest BCUT2D eigenvalue weighted by Crippen LogP contribution is 2.18. The van der Waals surface area contributed by atoms with Crippen LogP contribution in [0.3, 0.4) is 0 Å². The molecule has 1 N–H and O–H groups in total. The second kappa shape index (κ2) is 7.99. The molecule has 0 fully saturated rings. The molecule has 0 unspecified atom stereocenters. The molecule has 0 atom stereocenters. The van der Waals surface area contributed by atoms with Crippen LogP contribution in [0.4, 0.5) is 0 Å². The monoisotopic (exact) mass is 391 g/mol. The van der Waals surface area contributed by atoms with Crippen molar-refractivity contribution < 1.29 is 12.9 Å². The number of benzene rings is 2. The normalized spacial score (nSPS) is 11.6. The van der Waals surface area contributed by atoms with E-state index in [0.29, 0.717) is 23.2 Å². The van der Waals surface area contributed by atoms with E-state index in [1.165, 1.54) is 0 Å². The van der Waals surface area contributed by atoms with Crippen LogP contribution < -0.4 is 4.72 Å². The summed E-state index contributed by atoms with van der Waals surface area (Å²) in [5.74, 6) is 0.750. The van der Waals surface area contributed by atoms with Gasteiger partial charge in [0.15, 0.2) is 0 Å². The lowest BCUT2D eigenvalue weighted by atomic mass is 10.2. The van der Waals surface area contributed by atoms with E-state index in [4.69, 9.17) is 16.1 Å². The predicted molar refractivity (Wildman–Crippen MR) is 100 cm³/mol. The standard InChI is InChI=1S/C18H18ClN3O3S/c1-13-2-4-14(5-3-13)12-26(23,24)20-11-10-17-21-18(22-25-17)15-6-8-16(19)9-7-15/h2-9,20H,10-12H2,1H3. The third kappa shape index (κ3) is 5.14. The van der Waals surface area contributed by atoms with Crippen molar-refractivity contribution in [1.29, 1.82) is 0 Å². The summed E-state index contributed by atoms with van der Waals surface area (Å²) in [6, 6.07) is 14.5. The van der Waals surface area contributed by atoms with Gasteiger partial charge >= 0.3 is 0 Å². The number of rotatable bonds is 7. The number of aromatic nitrogens is 2. The van der Waals surface area contributed by atoms with Crippen molar-refractivity contribution in [1.82, 2.24) is 14.9 Å². The van der Waals surface area contributed by atoms with E-state index in [2.05, 4.69) is 14.9 Å². The van der Waals surface area contributed by atoms with Crippen LogP contribution in [0.5, 0.6) is 0 Å². The molecule has 0 amide bonds. The summed E-state index contributed by atoms with van der Waals surface area (Å²) in [5, 5.41) is 4.53. The minimum absolute atomic E-state index is 0.0624. The van der Waals surface area contributed by atoms with Gasteiger partial charge in [-0.1, -0.05) is 46.6 Å². The molecule has 0 aliphatic rings. The fourth-order valence-corrected chi connectivity index (χ4v) is 3.61. The van der Waals surface area contributed by atoms with Gasteiger partial charge in [-0.25, -0.2) is 13.1 Å². The summed E-state index contributed by atoms with van der Waals surface area (Å²) in [5.41, 5.74) is 2.61. The average molecular weight is 392 g/mol. The van der Waals surface area contributed by atoms with Gasteiger partial charge in [0.25, 0.3) is 0 Å². The Morgan fingerprint density at radius 3 is 2.46 bits per heavy atom. The van der Waals surface area contributed by atoms with Crippen LogP contribution in [0.1, 0.15) is 17.0 Å². The van der Waals surface area contributed by atoms with Crippen LogP contribution in [0.2, 0.25) is 5.02 Å². The highest BCUT2D eigenvalue weighted by molar-refractivity contribution is 7.88. The lowest BCUT2D eigenvalue weighted by Gasteiger charge is -2.06. The molecule has 0 aliphatic carbocycles. The topological polar surface area (TPSA) is 85.1 Å². The molecule has 0 radical (unpaired) electrons. The fraction of sp³-hybridized carbons (Fsp3) is 0.222. The third-order valence-electron chi connectivity index (χ3n) is 3.71. The van der Waals surface area contributed by atoms with Crippen LogP contribution >= 0.6 is 11.6 Å². The maximum atomic E-state index is 12.1. The van der Waals surface area contributed by atoms with E-state index in [-0.39, 0.29) is 12.3 Å². The molecule has 0 bridgehead atoms. The third-order valence-corrected chi connectivity index (χ3v) is 5.32. The first kappa shape index (κ1) is 18.6. The molecular weight excluding hydrogens is 374 g/mol. The van der Waals surface area contributed by atoms with Crippen LogP contribution in [-0.4, -0.2) is 25.1 Å². The summed E-state index contributed by atoms with van der Waals surface area (Å²) in [7, 11) is -3.42. The number of hydrogen-bond acceptors (Lipinski definition) is 5. The Morgan fingerprint density at radius 1 is 1.08 bits per heavy atom. The fourth-order valence-electron chi connectivity index (χ4n) is 2.34. The van der Waals surface area contributed by atoms with Crippen molar-refractivity contribution >= 4 is 21.6 Å². The van der Waals surface area contributed by atoms with Gasteiger partial charge in [0, 0.05) is 23.6 Å². The van der Waals surface area contributed by atoms with Crippen LogP contribution in [0.25, 0.3) is 11.4 Å². The zero-order chi connectivity index (χ0) is 18.6. The molecule has 3 rings (SSSR count). The number of sulfonamides is 1. The molecule has 1 heterocycles. The molecule has 6 nitrogen and oxygen atoms in total. The van der Waals surface area contributed by atoms with Crippen molar-refractivity contribution in [3.05, 3.63) is 70.6 Å². The summed E-state index contributed by atoms with van der Waals surface area (Å²) in [4.78, 5) is 4.27. The van der Waals surface area contributed by atoms with Crippen molar-refractivity contribution in [3.63, 3.8) is 0 Å². The lowest BCUT2D eigenvalue weighted by molar-refractivity contribution is 0.379. The summed E-state index contributed by atoms with van der Waals surface area (Å²) < 4.78 is 32.0. The minimum Gasteiger partial charge on any atom is -0.339 e. The van der Waals surface area contributed by atoms with Crippen LogP contribution in [0, 0.1) is 6.92 Å². The Morgan fingerprint density at radius 2 is 1.77 bits per heavy atom. The molecule has 26 heavy (non-hydrogen) atoms. The molecule has 0 spiro atoms. The van der Waals surface area contributed by atoms with Gasteiger partial charge in [-0.15, -0.1) is 0 Å². The first-order valence-electron chi connectivity index (χ1n) is 8.03. The van der Waals surface area contributed by atoms with Crippen molar-refractivity contribution in [3.8, 4) is 11.4 Å². The average Bonchev–Trinajstić information content (AvgIpc) is 3.06. The zero-order valence-electron chi connectivity index (χ0n) is 14.1. The van der Waals surface area contributed by atoms with E-state index in [1.54, 1.807) is 24.3 Å². The van der Waals surface area contributed by atoms with Crippen LogP contribution in [-0.2, 0) is 22.2 Å². The zero-order valence-corrected chi connectivity index (χ0v) is 15.7. The van der Waals surface area contributed by atoms with Crippen molar-refractivity contribution in [2.24, 2.45) is 0 Å². The van der Waals surface area contributed by atoms with Crippen molar-refractivity contribution in [2.75, 3.05) is 6.54 Å². The summed E-state index contributed by atoms with van der Waals surface area (Å²) >= 11 is 5.85. The van der Waals surface area contributed by atoms with Gasteiger partial charge in [0.2, 0.25) is 21.7 Å². The van der Waals surface area contributed by atoms with Gasteiger partial charge in [0.1, 0.15) is 0 Å². The maximum absolute atomic E-state index is 12.1. The molecule has 2 aromatic carbocycles. The Kier molecular flexibility index (Phi) is 5.70.